The number of hydrogen-bond donors (Lipinski definition) is 1. The number of nitrogens with one attached hydrogen (secondary N) is 1. The highest BCUT2D eigenvalue weighted by molar-refractivity contribution is 5.85. The summed E-state index contributed by atoms with van der Waals surface area (Å²) in [5.74, 6) is -0.195. The molecular weight excluding hydrogens is 229 g/mol. The summed E-state index contributed by atoms with van der Waals surface area (Å²) in [5.41, 5.74) is 1.14. The summed E-state index contributed by atoms with van der Waals surface area (Å²) in [4.78, 5) is 0. The van der Waals surface area contributed by atoms with Gasteiger partial charge < -0.3 is 4.74 Å². The lowest BCUT2D eigenvalue weighted by Crippen LogP contribution is -2.39. The second kappa shape index (κ2) is 5.13. The molecule has 1 fully saturated rings. The first-order valence-corrected chi connectivity index (χ1v) is 5.19. The van der Waals surface area contributed by atoms with Gasteiger partial charge in [-0.05, 0) is 31.5 Å². The van der Waals surface area contributed by atoms with Gasteiger partial charge in [-0.25, -0.2) is 4.39 Å². The second-order valence-corrected chi connectivity index (χ2v) is 4.66. The van der Waals surface area contributed by atoms with E-state index in [9.17, 15) is 4.39 Å². The van der Waals surface area contributed by atoms with E-state index >= 15 is 0 Å². The van der Waals surface area contributed by atoms with Gasteiger partial charge in [0.1, 0.15) is 12.0 Å². The predicted molar refractivity (Wildman–Crippen MR) is 64.3 cm³/mol. The maximum absolute atomic E-state index is 12.7. The molecule has 1 aromatic rings. The molecule has 1 aromatic carbocycles. The quantitative estimate of drug-likeness (QED) is 0.865. The highest BCUT2D eigenvalue weighted by atomic mass is 35.5. The Morgan fingerprint density at radius 2 is 2.00 bits per heavy atom. The fraction of sp³-hybridized carbons (Fsp3) is 0.500. The molecule has 0 amide bonds. The van der Waals surface area contributed by atoms with Gasteiger partial charge in [-0.2, -0.15) is 0 Å². The van der Waals surface area contributed by atoms with E-state index in [1.807, 2.05) is 0 Å². The Morgan fingerprint density at radius 1 is 1.38 bits per heavy atom. The van der Waals surface area contributed by atoms with Crippen LogP contribution in [-0.4, -0.2) is 18.4 Å². The van der Waals surface area contributed by atoms with E-state index in [2.05, 4.69) is 19.2 Å². The smallest absolute Gasteiger partial charge is 0.123 e. The van der Waals surface area contributed by atoms with Crippen molar-refractivity contribution in [2.75, 3.05) is 6.61 Å². The van der Waals surface area contributed by atoms with Crippen LogP contribution < -0.4 is 5.32 Å². The van der Waals surface area contributed by atoms with Gasteiger partial charge in [-0.3, -0.25) is 5.32 Å². The second-order valence-electron chi connectivity index (χ2n) is 4.66. The molecule has 0 radical (unpaired) electrons. The molecule has 2 rings (SSSR count). The summed E-state index contributed by atoms with van der Waals surface area (Å²) in [7, 11) is 0. The average molecular weight is 246 g/mol. The van der Waals surface area contributed by atoms with Crippen molar-refractivity contribution in [2.24, 2.45) is 0 Å². The van der Waals surface area contributed by atoms with Crippen LogP contribution in [0.15, 0.2) is 24.3 Å². The van der Waals surface area contributed by atoms with Crippen molar-refractivity contribution in [1.82, 2.24) is 5.32 Å². The van der Waals surface area contributed by atoms with Gasteiger partial charge in [0.2, 0.25) is 0 Å². The minimum atomic E-state index is -0.195. The van der Waals surface area contributed by atoms with Crippen molar-refractivity contribution in [1.29, 1.82) is 0 Å². The van der Waals surface area contributed by atoms with Gasteiger partial charge in [0.05, 0.1) is 6.61 Å². The van der Waals surface area contributed by atoms with E-state index in [1.165, 1.54) is 12.1 Å². The third-order valence-corrected chi connectivity index (χ3v) is 2.53. The van der Waals surface area contributed by atoms with Crippen LogP contribution in [0.25, 0.3) is 0 Å². The molecule has 0 bridgehead atoms. The first-order valence-electron chi connectivity index (χ1n) is 5.19. The number of benzene rings is 1. The molecule has 4 heteroatoms. The molecule has 16 heavy (non-hydrogen) atoms. The Balaban J connectivity index is 0.00000128. The fourth-order valence-corrected chi connectivity index (χ4v) is 1.77. The van der Waals surface area contributed by atoms with Gasteiger partial charge in [-0.15, -0.1) is 12.4 Å². The maximum atomic E-state index is 12.7. The summed E-state index contributed by atoms with van der Waals surface area (Å²) in [6.45, 7) is 4.94. The molecule has 2 nitrogen and oxygen atoms in total. The lowest BCUT2D eigenvalue weighted by molar-refractivity contribution is 0.0987. The number of ether oxygens (including phenoxy) is 1. The molecule has 1 heterocycles. The molecule has 0 aromatic heterocycles. The lowest BCUT2D eigenvalue weighted by atomic mass is 10.1. The Kier molecular flexibility index (Phi) is 4.30. The van der Waals surface area contributed by atoms with Crippen LogP contribution in [0, 0.1) is 5.82 Å². The highest BCUT2D eigenvalue weighted by Crippen LogP contribution is 2.17. The Hall–Kier alpha value is -0.640. The topological polar surface area (TPSA) is 21.3 Å². The van der Waals surface area contributed by atoms with Crippen LogP contribution in [-0.2, 0) is 11.2 Å². The van der Waals surface area contributed by atoms with E-state index in [4.69, 9.17) is 4.74 Å². The van der Waals surface area contributed by atoms with Crippen LogP contribution in [0.5, 0.6) is 0 Å². The molecule has 1 aliphatic heterocycles. The van der Waals surface area contributed by atoms with Crippen molar-refractivity contribution in [3.63, 3.8) is 0 Å². The normalized spacial score (nSPS) is 22.8. The Bertz CT molecular complexity index is 339. The average Bonchev–Trinajstić information content (AvgIpc) is 2.50. The van der Waals surface area contributed by atoms with E-state index < -0.39 is 0 Å². The zero-order chi connectivity index (χ0) is 10.9. The molecule has 1 saturated heterocycles. The zero-order valence-electron chi connectivity index (χ0n) is 9.50. The molecule has 1 atom stereocenters. The van der Waals surface area contributed by atoms with E-state index in [1.54, 1.807) is 12.1 Å². The van der Waals surface area contributed by atoms with Gasteiger partial charge in [0, 0.05) is 12.0 Å². The maximum Gasteiger partial charge on any atom is 0.123 e. The van der Waals surface area contributed by atoms with Crippen LogP contribution in [0.3, 0.4) is 0 Å². The van der Waals surface area contributed by atoms with Gasteiger partial charge in [0.25, 0.3) is 0 Å². The highest BCUT2D eigenvalue weighted by Gasteiger charge is 2.30. The Morgan fingerprint density at radius 3 is 2.50 bits per heavy atom. The Labute approximate surface area is 102 Å². The summed E-state index contributed by atoms with van der Waals surface area (Å²) < 4.78 is 18.3. The molecule has 0 spiro atoms. The van der Waals surface area contributed by atoms with Crippen molar-refractivity contribution in [3.05, 3.63) is 35.6 Å². The standard InChI is InChI=1S/C12H16FNO.ClH/c1-12(2)8-15-11(14-12)7-9-3-5-10(13)6-4-9;/h3-6,11,14H,7-8H2,1-2H3;1H. The van der Waals surface area contributed by atoms with Crippen molar-refractivity contribution < 1.29 is 9.13 Å². The van der Waals surface area contributed by atoms with E-state index in [0.717, 1.165) is 18.6 Å². The van der Waals surface area contributed by atoms with Gasteiger partial charge >= 0.3 is 0 Å². The first-order chi connectivity index (χ1) is 7.05. The molecule has 1 N–H and O–H groups in total. The number of hydrogen-bond acceptors (Lipinski definition) is 2. The zero-order valence-corrected chi connectivity index (χ0v) is 10.3. The largest absolute Gasteiger partial charge is 0.361 e. The summed E-state index contributed by atoms with van der Waals surface area (Å²) in [6, 6.07) is 6.56. The number of rotatable bonds is 2. The molecule has 1 unspecified atom stereocenters. The lowest BCUT2D eigenvalue weighted by Gasteiger charge is -2.16. The first kappa shape index (κ1) is 13.4. The van der Waals surface area contributed by atoms with Crippen LogP contribution >= 0.6 is 12.4 Å². The number of halogens is 2. The van der Waals surface area contributed by atoms with Crippen LogP contribution in [0.1, 0.15) is 19.4 Å². The van der Waals surface area contributed by atoms with E-state index in [-0.39, 0.29) is 30.0 Å². The predicted octanol–water partition coefficient (Wildman–Crippen LogP) is 2.51. The summed E-state index contributed by atoms with van der Waals surface area (Å²) >= 11 is 0. The minimum Gasteiger partial charge on any atom is -0.361 e. The molecule has 0 aliphatic carbocycles. The van der Waals surface area contributed by atoms with E-state index in [0.29, 0.717) is 0 Å². The van der Waals surface area contributed by atoms with Gasteiger partial charge in [-0.1, -0.05) is 12.1 Å². The minimum absolute atomic E-state index is 0. The van der Waals surface area contributed by atoms with Crippen molar-refractivity contribution in [2.45, 2.75) is 32.0 Å². The van der Waals surface area contributed by atoms with Crippen molar-refractivity contribution in [3.8, 4) is 0 Å². The monoisotopic (exact) mass is 245 g/mol. The summed E-state index contributed by atoms with van der Waals surface area (Å²) in [6.07, 6.45) is 0.828. The van der Waals surface area contributed by atoms with Crippen molar-refractivity contribution >= 4 is 12.4 Å². The molecule has 1 aliphatic rings. The van der Waals surface area contributed by atoms with Crippen LogP contribution in [0.2, 0.25) is 0 Å². The van der Waals surface area contributed by atoms with Gasteiger partial charge in [0.15, 0.2) is 0 Å². The third kappa shape index (κ3) is 3.44. The fourth-order valence-electron chi connectivity index (χ4n) is 1.77. The summed E-state index contributed by atoms with van der Waals surface area (Å²) in [5, 5.41) is 3.38. The SMILES string of the molecule is CC1(C)COC(Cc2ccc(F)cc2)N1.Cl. The molecule has 0 saturated carbocycles. The third-order valence-electron chi connectivity index (χ3n) is 2.53. The molecule has 90 valence electrons. The molecular formula is C12H17ClFNO. The van der Waals surface area contributed by atoms with Crippen LogP contribution in [0.4, 0.5) is 4.39 Å².